The molecular formula is C30H28BrN3O7S. The van der Waals surface area contributed by atoms with Crippen LogP contribution >= 0.6 is 27.7 Å². The van der Waals surface area contributed by atoms with E-state index < -0.39 is 23.6 Å². The van der Waals surface area contributed by atoms with E-state index in [-0.39, 0.29) is 17.4 Å². The van der Waals surface area contributed by atoms with Crippen molar-refractivity contribution < 1.29 is 33.4 Å². The Morgan fingerprint density at radius 1 is 0.905 bits per heavy atom. The summed E-state index contributed by atoms with van der Waals surface area (Å²) < 4.78 is 17.0. The number of nitrogens with zero attached hydrogens (tertiary/aromatic N) is 1. The molecule has 1 aliphatic rings. The van der Waals surface area contributed by atoms with E-state index in [9.17, 15) is 19.2 Å². The second kappa shape index (κ2) is 13.6. The molecule has 4 amide bonds. The highest BCUT2D eigenvalue weighted by Crippen LogP contribution is 2.35. The van der Waals surface area contributed by atoms with Gasteiger partial charge < -0.3 is 24.8 Å². The number of amides is 4. The van der Waals surface area contributed by atoms with Crippen molar-refractivity contribution >= 4 is 68.1 Å². The van der Waals surface area contributed by atoms with E-state index in [1.165, 1.54) is 20.3 Å². The number of ether oxygens (including phenoxy) is 3. The van der Waals surface area contributed by atoms with E-state index in [1.807, 2.05) is 26.0 Å². The fourth-order valence-corrected chi connectivity index (χ4v) is 5.30. The van der Waals surface area contributed by atoms with Crippen molar-refractivity contribution in [2.24, 2.45) is 0 Å². The third-order valence-electron chi connectivity index (χ3n) is 6.25. The smallest absolute Gasteiger partial charge is 0.294 e. The van der Waals surface area contributed by atoms with E-state index in [4.69, 9.17) is 14.2 Å². The van der Waals surface area contributed by atoms with Gasteiger partial charge in [-0.05, 0) is 113 Å². The van der Waals surface area contributed by atoms with Crippen LogP contribution in [0.4, 0.5) is 16.2 Å². The number of carbonyl (C=O) groups excluding carboxylic acids is 4. The van der Waals surface area contributed by atoms with Gasteiger partial charge in [0, 0.05) is 10.2 Å². The van der Waals surface area contributed by atoms with Crippen LogP contribution in [0, 0.1) is 13.8 Å². The lowest BCUT2D eigenvalue weighted by molar-refractivity contribution is -0.127. The first-order valence-corrected chi connectivity index (χ1v) is 14.3. The summed E-state index contributed by atoms with van der Waals surface area (Å²) in [6.45, 7) is 3.26. The Morgan fingerprint density at radius 2 is 1.62 bits per heavy atom. The zero-order chi connectivity index (χ0) is 30.4. The first-order valence-electron chi connectivity index (χ1n) is 12.6. The van der Waals surface area contributed by atoms with Gasteiger partial charge in [-0.25, -0.2) is 0 Å². The molecule has 0 unspecified atom stereocenters. The van der Waals surface area contributed by atoms with E-state index in [0.29, 0.717) is 34.2 Å². The molecular weight excluding hydrogens is 626 g/mol. The topological polar surface area (TPSA) is 123 Å². The Hall–Kier alpha value is -4.29. The van der Waals surface area contributed by atoms with Gasteiger partial charge in [-0.3, -0.25) is 24.1 Å². The molecule has 0 radical (unpaired) electrons. The molecule has 12 heteroatoms. The molecule has 10 nitrogen and oxygen atoms in total. The Morgan fingerprint density at radius 3 is 2.31 bits per heavy atom. The summed E-state index contributed by atoms with van der Waals surface area (Å²) in [4.78, 5) is 51.5. The van der Waals surface area contributed by atoms with Gasteiger partial charge in [0.15, 0.2) is 18.1 Å². The number of anilines is 2. The minimum absolute atomic E-state index is 0.159. The summed E-state index contributed by atoms with van der Waals surface area (Å²) >= 11 is 4.20. The second-order valence-corrected chi connectivity index (χ2v) is 11.1. The van der Waals surface area contributed by atoms with Crippen LogP contribution < -0.4 is 24.8 Å². The number of methoxy groups -OCH3 is 2. The number of imide groups is 1. The van der Waals surface area contributed by atoms with Gasteiger partial charge in [0.25, 0.3) is 17.1 Å². The van der Waals surface area contributed by atoms with E-state index in [2.05, 4.69) is 26.6 Å². The average Bonchev–Trinajstić information content (AvgIpc) is 3.22. The van der Waals surface area contributed by atoms with Crippen LogP contribution in [0.25, 0.3) is 6.08 Å². The van der Waals surface area contributed by atoms with Crippen molar-refractivity contribution in [2.75, 3.05) is 38.0 Å². The molecule has 0 saturated carbocycles. The lowest BCUT2D eigenvalue weighted by atomic mass is 10.1. The molecule has 0 atom stereocenters. The van der Waals surface area contributed by atoms with Crippen molar-refractivity contribution in [3.8, 4) is 17.2 Å². The maximum Gasteiger partial charge on any atom is 0.294 e. The van der Waals surface area contributed by atoms with Crippen LogP contribution in [0.1, 0.15) is 16.7 Å². The van der Waals surface area contributed by atoms with Crippen molar-refractivity contribution in [2.45, 2.75) is 13.8 Å². The zero-order valence-corrected chi connectivity index (χ0v) is 25.7. The number of thioether (sulfide) groups is 1. The van der Waals surface area contributed by atoms with Crippen LogP contribution in [0.5, 0.6) is 17.2 Å². The number of carbonyl (C=O) groups is 4. The number of rotatable bonds is 10. The zero-order valence-electron chi connectivity index (χ0n) is 23.3. The van der Waals surface area contributed by atoms with Gasteiger partial charge in [-0.1, -0.05) is 6.07 Å². The summed E-state index contributed by atoms with van der Waals surface area (Å²) in [5.41, 5.74) is 3.85. The van der Waals surface area contributed by atoms with Crippen LogP contribution in [-0.4, -0.2) is 55.2 Å². The highest BCUT2D eigenvalue weighted by atomic mass is 79.9. The first kappa shape index (κ1) is 30.7. The first-order chi connectivity index (χ1) is 20.1. The van der Waals surface area contributed by atoms with Gasteiger partial charge in [0.05, 0.1) is 24.8 Å². The molecule has 0 aromatic heterocycles. The molecule has 0 aliphatic carbocycles. The summed E-state index contributed by atoms with van der Waals surface area (Å²) in [6.07, 6.45) is 1.53. The van der Waals surface area contributed by atoms with Crippen LogP contribution in [0.15, 0.2) is 64.0 Å². The maximum atomic E-state index is 12.9. The summed E-state index contributed by atoms with van der Waals surface area (Å²) in [5.74, 6) is -0.152. The van der Waals surface area contributed by atoms with Crippen LogP contribution in [0.3, 0.4) is 0 Å². The number of aryl methyl sites for hydroxylation is 2. The molecule has 4 rings (SSSR count). The molecule has 0 bridgehead atoms. The highest BCUT2D eigenvalue weighted by molar-refractivity contribution is 9.10. The lowest BCUT2D eigenvalue weighted by Gasteiger charge is -2.13. The Labute approximate surface area is 255 Å². The maximum absolute atomic E-state index is 12.9. The van der Waals surface area contributed by atoms with Gasteiger partial charge >= 0.3 is 0 Å². The van der Waals surface area contributed by atoms with E-state index >= 15 is 0 Å². The van der Waals surface area contributed by atoms with E-state index in [0.717, 1.165) is 32.3 Å². The largest absolute Gasteiger partial charge is 0.497 e. The number of hydrogen-bond donors (Lipinski definition) is 2. The van der Waals surface area contributed by atoms with Crippen molar-refractivity contribution in [1.82, 2.24) is 4.90 Å². The Balaban J connectivity index is 1.37. The Kier molecular flexibility index (Phi) is 9.92. The van der Waals surface area contributed by atoms with Gasteiger partial charge in [-0.15, -0.1) is 0 Å². The monoisotopic (exact) mass is 653 g/mol. The SMILES string of the molecule is COc1ccc(NC(=O)CN2C(=O)S/C(=C/c3ccc(OCC(=O)Nc4cc(C)c(C)cc4Br)c(OC)c3)C2=O)cc1. The molecule has 2 N–H and O–H groups in total. The minimum Gasteiger partial charge on any atom is -0.497 e. The highest BCUT2D eigenvalue weighted by Gasteiger charge is 2.36. The van der Waals surface area contributed by atoms with Crippen molar-refractivity contribution in [3.63, 3.8) is 0 Å². The molecule has 1 heterocycles. The summed E-state index contributed by atoms with van der Waals surface area (Å²) in [6, 6.07) is 15.4. The molecule has 0 spiro atoms. The fourth-order valence-electron chi connectivity index (χ4n) is 3.91. The molecule has 42 heavy (non-hydrogen) atoms. The number of halogens is 1. The predicted molar refractivity (Wildman–Crippen MR) is 165 cm³/mol. The fraction of sp³-hybridized carbons (Fsp3) is 0.200. The Bertz CT molecular complexity index is 1570. The average molecular weight is 655 g/mol. The van der Waals surface area contributed by atoms with Gasteiger partial charge in [0.1, 0.15) is 12.3 Å². The second-order valence-electron chi connectivity index (χ2n) is 9.21. The number of nitrogens with one attached hydrogen (secondary N) is 2. The van der Waals surface area contributed by atoms with Crippen LogP contribution in [-0.2, 0) is 14.4 Å². The summed E-state index contributed by atoms with van der Waals surface area (Å²) in [7, 11) is 2.99. The van der Waals surface area contributed by atoms with Gasteiger partial charge in [-0.2, -0.15) is 0 Å². The quantitative estimate of drug-likeness (QED) is 0.264. The van der Waals surface area contributed by atoms with Gasteiger partial charge in [0.2, 0.25) is 5.91 Å². The molecule has 218 valence electrons. The van der Waals surface area contributed by atoms with Crippen molar-refractivity contribution in [1.29, 1.82) is 0 Å². The molecule has 3 aromatic carbocycles. The standard InChI is InChI=1S/C30H28BrN3O7S/c1-17-11-22(31)23(12-18(17)2)33-28(36)16-41-24-10-5-19(13-25(24)40-4)14-26-29(37)34(30(38)42-26)15-27(35)32-20-6-8-21(39-3)9-7-20/h5-14H,15-16H2,1-4H3,(H,32,35)(H,33,36)/b26-14+. The molecule has 1 aliphatic heterocycles. The number of benzene rings is 3. The normalized spacial score (nSPS) is 13.7. The number of hydrogen-bond acceptors (Lipinski definition) is 8. The molecule has 1 saturated heterocycles. The molecule has 1 fully saturated rings. The minimum atomic E-state index is -0.580. The lowest BCUT2D eigenvalue weighted by Crippen LogP contribution is -2.36. The third-order valence-corrected chi connectivity index (χ3v) is 7.81. The molecule has 3 aromatic rings. The van der Waals surface area contributed by atoms with Crippen molar-refractivity contribution in [3.05, 3.63) is 80.7 Å². The van der Waals surface area contributed by atoms with E-state index in [1.54, 1.807) is 42.5 Å². The van der Waals surface area contributed by atoms with Crippen LogP contribution in [0.2, 0.25) is 0 Å². The predicted octanol–water partition coefficient (Wildman–Crippen LogP) is 5.78. The third kappa shape index (κ3) is 7.51. The summed E-state index contributed by atoms with van der Waals surface area (Å²) in [5, 5.41) is 4.92.